The molecule has 2 aromatic rings. The van der Waals surface area contributed by atoms with Crippen LogP contribution in [0.25, 0.3) is 0 Å². The SMILES string of the molecule is O=C(Cc1ccccc1)N[C@@H]1C(=O)N2C(C(=O)O)=C(SCCc3cccnc3)CS[C@@H]12. The Morgan fingerprint density at radius 2 is 1.97 bits per heavy atom. The van der Waals surface area contributed by atoms with Crippen LogP contribution in [0.1, 0.15) is 11.1 Å². The number of carbonyl (C=O) groups excluding carboxylic acids is 2. The van der Waals surface area contributed by atoms with Crippen molar-refractivity contribution < 1.29 is 19.5 Å². The highest BCUT2D eigenvalue weighted by Gasteiger charge is 2.54. The molecule has 0 aliphatic carbocycles. The van der Waals surface area contributed by atoms with E-state index >= 15 is 0 Å². The first kappa shape index (κ1) is 21.5. The number of aliphatic carboxylic acids is 1. The van der Waals surface area contributed by atoms with Crippen molar-refractivity contribution in [1.29, 1.82) is 0 Å². The Labute approximate surface area is 188 Å². The van der Waals surface area contributed by atoms with Gasteiger partial charge < -0.3 is 10.4 Å². The van der Waals surface area contributed by atoms with E-state index in [1.807, 2.05) is 42.5 Å². The van der Waals surface area contributed by atoms with Gasteiger partial charge in [-0.3, -0.25) is 19.5 Å². The number of carboxylic acid groups (broad SMARTS) is 1. The van der Waals surface area contributed by atoms with Crippen molar-refractivity contribution in [3.63, 3.8) is 0 Å². The van der Waals surface area contributed by atoms with Crippen LogP contribution in [0, 0.1) is 0 Å². The summed E-state index contributed by atoms with van der Waals surface area (Å²) in [4.78, 5) is 43.1. The molecule has 2 amide bonds. The predicted octanol–water partition coefficient (Wildman–Crippen LogP) is 2.30. The molecule has 0 unspecified atom stereocenters. The van der Waals surface area contributed by atoms with Crippen molar-refractivity contribution in [3.8, 4) is 0 Å². The Bertz CT molecular complexity index is 1010. The van der Waals surface area contributed by atoms with Crippen LogP contribution in [0.3, 0.4) is 0 Å². The van der Waals surface area contributed by atoms with E-state index in [1.54, 1.807) is 12.4 Å². The molecule has 3 heterocycles. The zero-order valence-electron chi connectivity index (χ0n) is 16.6. The average Bonchev–Trinajstić information content (AvgIpc) is 2.78. The molecule has 2 N–H and O–H groups in total. The van der Waals surface area contributed by atoms with Gasteiger partial charge in [-0.15, -0.1) is 23.5 Å². The number of thioether (sulfide) groups is 2. The molecule has 0 bridgehead atoms. The van der Waals surface area contributed by atoms with Crippen LogP contribution in [-0.4, -0.2) is 55.7 Å². The standard InChI is InChI=1S/C22H21N3O4S2/c26-17(11-14-5-2-1-3-6-14)24-18-20(27)25-19(22(28)29)16(13-31-21(18)25)30-10-8-15-7-4-9-23-12-15/h1-7,9,12,18,21H,8,10-11,13H2,(H,24,26)(H,28,29)/t18-,21+/m1/s1. The third-order valence-electron chi connectivity index (χ3n) is 5.05. The highest BCUT2D eigenvalue weighted by Crippen LogP contribution is 2.43. The van der Waals surface area contributed by atoms with E-state index in [0.717, 1.165) is 17.5 Å². The van der Waals surface area contributed by atoms with E-state index in [-0.39, 0.29) is 29.3 Å². The van der Waals surface area contributed by atoms with Gasteiger partial charge in [0.15, 0.2) is 0 Å². The van der Waals surface area contributed by atoms with Crippen molar-refractivity contribution in [1.82, 2.24) is 15.2 Å². The molecule has 1 aromatic carbocycles. The van der Waals surface area contributed by atoms with E-state index in [9.17, 15) is 19.5 Å². The number of aromatic nitrogens is 1. The molecule has 0 radical (unpaired) electrons. The lowest BCUT2D eigenvalue weighted by Gasteiger charge is -2.49. The molecule has 2 aliphatic heterocycles. The maximum Gasteiger partial charge on any atom is 0.353 e. The molecule has 1 saturated heterocycles. The molecule has 31 heavy (non-hydrogen) atoms. The summed E-state index contributed by atoms with van der Waals surface area (Å²) in [5, 5.41) is 12.1. The molecular weight excluding hydrogens is 434 g/mol. The van der Waals surface area contributed by atoms with Gasteiger partial charge in [0.25, 0.3) is 5.91 Å². The Hall–Kier alpha value is -2.78. The van der Waals surface area contributed by atoms with Gasteiger partial charge in [-0.2, -0.15) is 0 Å². The zero-order valence-corrected chi connectivity index (χ0v) is 18.2. The molecule has 1 fully saturated rings. The summed E-state index contributed by atoms with van der Waals surface area (Å²) in [6, 6.07) is 12.4. The van der Waals surface area contributed by atoms with Gasteiger partial charge in [-0.05, 0) is 23.6 Å². The summed E-state index contributed by atoms with van der Waals surface area (Å²) in [5.41, 5.74) is 1.98. The summed E-state index contributed by atoms with van der Waals surface area (Å²) in [5.74, 6) is -0.540. The number of hydrogen-bond donors (Lipinski definition) is 2. The van der Waals surface area contributed by atoms with Gasteiger partial charge in [0.05, 0.1) is 6.42 Å². The van der Waals surface area contributed by atoms with E-state index < -0.39 is 12.0 Å². The van der Waals surface area contributed by atoms with Crippen LogP contribution in [0.2, 0.25) is 0 Å². The highest BCUT2D eigenvalue weighted by atomic mass is 32.2. The number of rotatable bonds is 8. The number of aryl methyl sites for hydroxylation is 1. The number of fused-ring (bicyclic) bond motifs is 1. The Morgan fingerprint density at radius 3 is 2.68 bits per heavy atom. The summed E-state index contributed by atoms with van der Waals surface area (Å²) in [6.07, 6.45) is 4.44. The van der Waals surface area contributed by atoms with E-state index in [4.69, 9.17) is 0 Å². The number of pyridine rings is 1. The monoisotopic (exact) mass is 455 g/mol. The van der Waals surface area contributed by atoms with Crippen LogP contribution in [0.4, 0.5) is 0 Å². The minimum atomic E-state index is -1.11. The second-order valence-electron chi connectivity index (χ2n) is 7.15. The van der Waals surface area contributed by atoms with Gasteiger partial charge in [-0.25, -0.2) is 4.79 Å². The average molecular weight is 456 g/mol. The summed E-state index contributed by atoms with van der Waals surface area (Å²) < 4.78 is 0. The first-order chi connectivity index (χ1) is 15.0. The maximum absolute atomic E-state index is 12.7. The number of β-lactam (4-membered cyclic amide) rings is 1. The number of nitrogens with one attached hydrogen (secondary N) is 1. The molecule has 160 valence electrons. The van der Waals surface area contributed by atoms with E-state index in [1.165, 1.54) is 28.4 Å². The molecule has 1 aromatic heterocycles. The molecule has 0 saturated carbocycles. The molecule has 4 rings (SSSR count). The molecular formula is C22H21N3O4S2. The highest BCUT2D eigenvalue weighted by molar-refractivity contribution is 8.06. The molecule has 2 atom stereocenters. The van der Waals surface area contributed by atoms with Crippen molar-refractivity contribution in [2.75, 3.05) is 11.5 Å². The second kappa shape index (κ2) is 9.57. The van der Waals surface area contributed by atoms with Gasteiger partial charge in [0, 0.05) is 28.8 Å². The molecule has 0 spiro atoms. The van der Waals surface area contributed by atoms with Crippen LogP contribution >= 0.6 is 23.5 Å². The summed E-state index contributed by atoms with van der Waals surface area (Å²) in [6.45, 7) is 0. The number of carboxylic acids is 1. The van der Waals surface area contributed by atoms with Crippen molar-refractivity contribution in [2.45, 2.75) is 24.3 Å². The fourth-order valence-electron chi connectivity index (χ4n) is 3.55. The normalized spacial score (nSPS) is 20.1. The number of carbonyl (C=O) groups is 3. The number of benzene rings is 1. The predicted molar refractivity (Wildman–Crippen MR) is 120 cm³/mol. The fraction of sp³-hybridized carbons (Fsp3) is 0.273. The lowest BCUT2D eigenvalue weighted by molar-refractivity contribution is -0.150. The van der Waals surface area contributed by atoms with Gasteiger partial charge in [-0.1, -0.05) is 36.4 Å². The van der Waals surface area contributed by atoms with Gasteiger partial charge in [0.1, 0.15) is 17.1 Å². The van der Waals surface area contributed by atoms with Crippen molar-refractivity contribution in [2.24, 2.45) is 0 Å². The van der Waals surface area contributed by atoms with Crippen LogP contribution in [0.15, 0.2) is 65.5 Å². The summed E-state index contributed by atoms with van der Waals surface area (Å²) >= 11 is 2.94. The first-order valence-electron chi connectivity index (χ1n) is 9.80. The Morgan fingerprint density at radius 1 is 1.19 bits per heavy atom. The smallest absolute Gasteiger partial charge is 0.353 e. The lowest BCUT2D eigenvalue weighted by atomic mass is 10.0. The quantitative estimate of drug-likeness (QED) is 0.589. The minimum absolute atomic E-state index is 0.0403. The fourth-order valence-corrected chi connectivity index (χ4v) is 6.18. The third-order valence-corrected chi connectivity index (χ3v) is 7.61. The summed E-state index contributed by atoms with van der Waals surface area (Å²) in [7, 11) is 0. The maximum atomic E-state index is 12.7. The second-order valence-corrected chi connectivity index (χ2v) is 9.45. The van der Waals surface area contributed by atoms with Crippen molar-refractivity contribution >= 4 is 41.3 Å². The van der Waals surface area contributed by atoms with Crippen LogP contribution in [-0.2, 0) is 27.2 Å². The Balaban J connectivity index is 1.39. The number of hydrogen-bond acceptors (Lipinski definition) is 6. The number of amides is 2. The van der Waals surface area contributed by atoms with Crippen molar-refractivity contribution in [3.05, 3.63) is 76.6 Å². The minimum Gasteiger partial charge on any atom is -0.477 e. The molecule has 2 aliphatic rings. The van der Waals surface area contributed by atoms with Gasteiger partial charge in [0.2, 0.25) is 5.91 Å². The van der Waals surface area contributed by atoms with Gasteiger partial charge >= 0.3 is 5.97 Å². The van der Waals surface area contributed by atoms with E-state index in [0.29, 0.717) is 16.4 Å². The first-order valence-corrected chi connectivity index (χ1v) is 11.8. The zero-order chi connectivity index (χ0) is 21.8. The topological polar surface area (TPSA) is 99.6 Å². The largest absolute Gasteiger partial charge is 0.477 e. The molecule has 9 heteroatoms. The van der Waals surface area contributed by atoms with E-state index in [2.05, 4.69) is 10.3 Å². The number of nitrogens with zero attached hydrogens (tertiary/aromatic N) is 2. The van der Waals surface area contributed by atoms with Crippen LogP contribution < -0.4 is 5.32 Å². The third kappa shape index (κ3) is 4.77. The lowest BCUT2D eigenvalue weighted by Crippen LogP contribution is -2.70. The Kier molecular flexibility index (Phi) is 6.62. The van der Waals surface area contributed by atoms with Crippen LogP contribution in [0.5, 0.6) is 0 Å². The molecule has 7 nitrogen and oxygen atoms in total.